The molecule has 116 valence electrons. The molecule has 2 aromatic heterocycles. The van der Waals surface area contributed by atoms with E-state index in [-0.39, 0.29) is 5.91 Å². The highest BCUT2D eigenvalue weighted by Gasteiger charge is 2.10. The van der Waals surface area contributed by atoms with Crippen molar-refractivity contribution in [3.05, 3.63) is 64.2 Å². The summed E-state index contributed by atoms with van der Waals surface area (Å²) in [5, 5.41) is 5.24. The van der Waals surface area contributed by atoms with E-state index >= 15 is 0 Å². The first kappa shape index (κ1) is 15.2. The fourth-order valence-electron chi connectivity index (χ4n) is 2.27. The Kier molecular flexibility index (Phi) is 4.12. The molecule has 0 saturated carbocycles. The van der Waals surface area contributed by atoms with Crippen molar-refractivity contribution in [1.82, 2.24) is 10.4 Å². The van der Waals surface area contributed by atoms with Crippen LogP contribution in [-0.4, -0.2) is 17.1 Å². The summed E-state index contributed by atoms with van der Waals surface area (Å²) in [5.41, 5.74) is 5.43. The third-order valence-electron chi connectivity index (χ3n) is 3.50. The molecule has 0 atom stereocenters. The maximum absolute atomic E-state index is 11.9. The summed E-state index contributed by atoms with van der Waals surface area (Å²) in [5.74, 6) is 0.201. The Morgan fingerprint density at radius 2 is 2.17 bits per heavy atom. The molecule has 0 spiro atoms. The number of hydrogen-bond donors (Lipinski definition) is 1. The number of carbonyl (C=O) groups excluding carboxylic acids is 1. The smallest absolute Gasteiger partial charge is 0.274 e. The van der Waals surface area contributed by atoms with Gasteiger partial charge in [0, 0.05) is 10.9 Å². The van der Waals surface area contributed by atoms with Crippen LogP contribution in [0.15, 0.2) is 46.1 Å². The molecule has 0 unspecified atom stereocenters. The topological polar surface area (TPSA) is 67.5 Å². The standard InChI is InChI=1S/C17H14ClN3O2/c1-10-4-3-5-12-8-13(16(18)20-15(10)12)9-19-21-17(22)14-6-7-23-11(14)2/h3-9H,1-2H3,(H,21,22)/b19-9-. The van der Waals surface area contributed by atoms with Crippen molar-refractivity contribution in [2.45, 2.75) is 13.8 Å². The maximum Gasteiger partial charge on any atom is 0.274 e. The van der Waals surface area contributed by atoms with Gasteiger partial charge in [0.05, 0.1) is 23.6 Å². The lowest BCUT2D eigenvalue weighted by atomic mass is 10.1. The molecule has 23 heavy (non-hydrogen) atoms. The quantitative estimate of drug-likeness (QED) is 0.451. The average Bonchev–Trinajstić information content (AvgIpc) is 2.95. The Bertz CT molecular complexity index is 915. The third-order valence-corrected chi connectivity index (χ3v) is 3.80. The molecule has 5 nitrogen and oxygen atoms in total. The molecule has 3 rings (SSSR count). The van der Waals surface area contributed by atoms with Gasteiger partial charge in [-0.25, -0.2) is 10.4 Å². The molecule has 1 aromatic carbocycles. The Morgan fingerprint density at radius 1 is 1.35 bits per heavy atom. The average molecular weight is 328 g/mol. The van der Waals surface area contributed by atoms with Crippen LogP contribution in [0.2, 0.25) is 5.15 Å². The summed E-state index contributed by atoms with van der Waals surface area (Å²) in [6.45, 7) is 3.69. The van der Waals surface area contributed by atoms with Gasteiger partial charge in [-0.05, 0) is 31.5 Å². The van der Waals surface area contributed by atoms with E-state index in [2.05, 4.69) is 15.5 Å². The minimum absolute atomic E-state index is 0.337. The third kappa shape index (κ3) is 3.10. The van der Waals surface area contributed by atoms with Gasteiger partial charge in [-0.2, -0.15) is 5.10 Å². The number of nitrogens with one attached hydrogen (secondary N) is 1. The number of fused-ring (bicyclic) bond motifs is 1. The highest BCUT2D eigenvalue weighted by molar-refractivity contribution is 6.32. The van der Waals surface area contributed by atoms with Gasteiger partial charge in [0.1, 0.15) is 10.9 Å². The number of furan rings is 1. The monoisotopic (exact) mass is 327 g/mol. The van der Waals surface area contributed by atoms with Crippen molar-refractivity contribution in [1.29, 1.82) is 0 Å². The van der Waals surface area contributed by atoms with Crippen molar-refractivity contribution >= 4 is 34.6 Å². The van der Waals surface area contributed by atoms with Crippen LogP contribution in [0.25, 0.3) is 10.9 Å². The second-order valence-electron chi connectivity index (χ2n) is 5.10. The second kappa shape index (κ2) is 6.22. The van der Waals surface area contributed by atoms with Crippen molar-refractivity contribution in [2.75, 3.05) is 0 Å². The number of pyridine rings is 1. The number of carbonyl (C=O) groups is 1. The molecular formula is C17H14ClN3O2. The minimum atomic E-state index is -0.340. The van der Waals surface area contributed by atoms with Crippen LogP contribution in [0, 0.1) is 13.8 Å². The molecule has 0 fully saturated rings. The fourth-order valence-corrected chi connectivity index (χ4v) is 2.46. The van der Waals surface area contributed by atoms with E-state index in [0.717, 1.165) is 16.5 Å². The summed E-state index contributed by atoms with van der Waals surface area (Å²) >= 11 is 6.19. The number of aryl methyl sites for hydroxylation is 2. The van der Waals surface area contributed by atoms with E-state index in [1.165, 1.54) is 12.5 Å². The van der Waals surface area contributed by atoms with Gasteiger partial charge >= 0.3 is 0 Å². The number of hydrogen-bond acceptors (Lipinski definition) is 4. The zero-order valence-corrected chi connectivity index (χ0v) is 13.4. The summed E-state index contributed by atoms with van der Waals surface area (Å²) in [7, 11) is 0. The van der Waals surface area contributed by atoms with Crippen LogP contribution in [0.4, 0.5) is 0 Å². The van der Waals surface area contributed by atoms with Crippen molar-refractivity contribution < 1.29 is 9.21 Å². The highest BCUT2D eigenvalue weighted by atomic mass is 35.5. The van der Waals surface area contributed by atoms with Crippen LogP contribution in [0.3, 0.4) is 0 Å². The molecular weight excluding hydrogens is 314 g/mol. The number of halogens is 1. The molecule has 0 aliphatic rings. The number of rotatable bonds is 3. The molecule has 0 bridgehead atoms. The van der Waals surface area contributed by atoms with E-state index in [1.807, 2.05) is 31.2 Å². The molecule has 0 aliphatic heterocycles. The number of para-hydroxylation sites is 1. The van der Waals surface area contributed by atoms with E-state index < -0.39 is 0 Å². The Labute approximate surface area is 138 Å². The number of benzene rings is 1. The summed E-state index contributed by atoms with van der Waals surface area (Å²) in [6.07, 6.45) is 2.94. The molecule has 3 aromatic rings. The normalized spacial score (nSPS) is 11.3. The fraction of sp³-hybridized carbons (Fsp3) is 0.118. The van der Waals surface area contributed by atoms with Crippen LogP contribution < -0.4 is 5.43 Å². The van der Waals surface area contributed by atoms with E-state index in [1.54, 1.807) is 13.0 Å². The van der Waals surface area contributed by atoms with Gasteiger partial charge in [0.25, 0.3) is 5.91 Å². The number of hydrazone groups is 1. The minimum Gasteiger partial charge on any atom is -0.469 e. The lowest BCUT2D eigenvalue weighted by Crippen LogP contribution is -2.17. The van der Waals surface area contributed by atoms with Gasteiger partial charge in [-0.15, -0.1) is 0 Å². The van der Waals surface area contributed by atoms with E-state index in [4.69, 9.17) is 16.0 Å². The van der Waals surface area contributed by atoms with E-state index in [9.17, 15) is 4.79 Å². The van der Waals surface area contributed by atoms with Gasteiger partial charge in [-0.3, -0.25) is 4.79 Å². The van der Waals surface area contributed by atoms with Crippen LogP contribution in [0.5, 0.6) is 0 Å². The molecule has 0 radical (unpaired) electrons. The maximum atomic E-state index is 11.9. The zero-order valence-electron chi connectivity index (χ0n) is 12.6. The Hall–Kier alpha value is -2.66. The van der Waals surface area contributed by atoms with Crippen molar-refractivity contribution in [2.24, 2.45) is 5.10 Å². The molecule has 0 saturated heterocycles. The lowest BCUT2D eigenvalue weighted by molar-refractivity contribution is 0.0953. The SMILES string of the molecule is Cc1occc1C(=O)N/N=C\c1cc2cccc(C)c2nc1Cl. The predicted octanol–water partition coefficient (Wildman–Crippen LogP) is 3.86. The van der Waals surface area contributed by atoms with Crippen LogP contribution in [-0.2, 0) is 0 Å². The molecule has 1 N–H and O–H groups in total. The number of amides is 1. The Morgan fingerprint density at radius 3 is 2.91 bits per heavy atom. The zero-order chi connectivity index (χ0) is 16.4. The first-order valence-electron chi connectivity index (χ1n) is 6.99. The molecule has 1 amide bonds. The molecule has 6 heteroatoms. The largest absolute Gasteiger partial charge is 0.469 e. The summed E-state index contributed by atoms with van der Waals surface area (Å²) < 4.78 is 5.08. The first-order valence-corrected chi connectivity index (χ1v) is 7.37. The number of aromatic nitrogens is 1. The lowest BCUT2D eigenvalue weighted by Gasteiger charge is -2.04. The summed E-state index contributed by atoms with van der Waals surface area (Å²) in [4.78, 5) is 16.3. The van der Waals surface area contributed by atoms with Gasteiger partial charge in [-0.1, -0.05) is 29.8 Å². The highest BCUT2D eigenvalue weighted by Crippen LogP contribution is 2.21. The van der Waals surface area contributed by atoms with E-state index in [0.29, 0.717) is 22.0 Å². The summed E-state index contributed by atoms with van der Waals surface area (Å²) in [6, 6.07) is 9.37. The van der Waals surface area contributed by atoms with Gasteiger partial charge in [0.2, 0.25) is 0 Å². The second-order valence-corrected chi connectivity index (χ2v) is 5.46. The van der Waals surface area contributed by atoms with Gasteiger partial charge in [0.15, 0.2) is 0 Å². The number of nitrogens with zero attached hydrogens (tertiary/aromatic N) is 2. The predicted molar refractivity (Wildman–Crippen MR) is 90.0 cm³/mol. The Balaban J connectivity index is 1.82. The van der Waals surface area contributed by atoms with Crippen molar-refractivity contribution in [3.8, 4) is 0 Å². The van der Waals surface area contributed by atoms with Crippen LogP contribution >= 0.6 is 11.6 Å². The first-order chi connectivity index (χ1) is 11.1. The molecule has 0 aliphatic carbocycles. The van der Waals surface area contributed by atoms with Crippen molar-refractivity contribution in [3.63, 3.8) is 0 Å². The molecule has 2 heterocycles. The van der Waals surface area contributed by atoms with Gasteiger partial charge < -0.3 is 4.42 Å². The van der Waals surface area contributed by atoms with Crippen LogP contribution in [0.1, 0.15) is 27.2 Å².